The van der Waals surface area contributed by atoms with E-state index in [1.54, 1.807) is 7.11 Å². The number of hydrogen-bond acceptors (Lipinski definition) is 2. The van der Waals surface area contributed by atoms with E-state index >= 15 is 0 Å². The Bertz CT molecular complexity index is 409. The SMILES string of the molecule is CNC(C)C1=CCCc2c(OC)cccc21. The molecule has 2 nitrogen and oxygen atoms in total. The van der Waals surface area contributed by atoms with Crippen LogP contribution in [0.1, 0.15) is 24.5 Å². The van der Waals surface area contributed by atoms with Gasteiger partial charge in [0.25, 0.3) is 0 Å². The predicted octanol–water partition coefficient (Wildman–Crippen LogP) is 2.63. The van der Waals surface area contributed by atoms with Gasteiger partial charge in [-0.05, 0) is 44.0 Å². The van der Waals surface area contributed by atoms with Gasteiger partial charge in [0.2, 0.25) is 0 Å². The second kappa shape index (κ2) is 4.71. The van der Waals surface area contributed by atoms with Crippen LogP contribution in [0, 0.1) is 0 Å². The minimum absolute atomic E-state index is 0.395. The Hall–Kier alpha value is -1.28. The maximum Gasteiger partial charge on any atom is 0.122 e. The van der Waals surface area contributed by atoms with Crippen molar-refractivity contribution in [3.8, 4) is 5.75 Å². The van der Waals surface area contributed by atoms with E-state index in [2.05, 4.69) is 30.4 Å². The molecule has 0 aromatic heterocycles. The summed E-state index contributed by atoms with van der Waals surface area (Å²) in [6.45, 7) is 2.19. The van der Waals surface area contributed by atoms with Crippen LogP contribution in [-0.2, 0) is 6.42 Å². The van der Waals surface area contributed by atoms with E-state index in [4.69, 9.17) is 4.74 Å². The molecule has 2 rings (SSSR count). The van der Waals surface area contributed by atoms with Crippen LogP contribution in [-0.4, -0.2) is 20.2 Å². The molecule has 0 radical (unpaired) electrons. The Balaban J connectivity index is 2.46. The van der Waals surface area contributed by atoms with Crippen molar-refractivity contribution in [1.29, 1.82) is 0 Å². The fourth-order valence-corrected chi connectivity index (χ4v) is 2.33. The van der Waals surface area contributed by atoms with Crippen molar-refractivity contribution < 1.29 is 4.74 Å². The Kier molecular flexibility index (Phi) is 3.30. The van der Waals surface area contributed by atoms with Gasteiger partial charge in [-0.2, -0.15) is 0 Å². The summed E-state index contributed by atoms with van der Waals surface area (Å²) in [6.07, 6.45) is 4.52. The largest absolute Gasteiger partial charge is 0.496 e. The van der Waals surface area contributed by atoms with Crippen LogP contribution in [0.15, 0.2) is 24.3 Å². The Morgan fingerprint density at radius 2 is 2.19 bits per heavy atom. The Labute approximate surface area is 97.3 Å². The van der Waals surface area contributed by atoms with Crippen LogP contribution in [0.25, 0.3) is 5.57 Å². The highest BCUT2D eigenvalue weighted by Crippen LogP contribution is 2.34. The molecule has 2 heteroatoms. The van der Waals surface area contributed by atoms with E-state index in [1.807, 2.05) is 13.1 Å². The molecule has 0 saturated heterocycles. The summed E-state index contributed by atoms with van der Waals surface area (Å²) in [5.41, 5.74) is 4.08. The van der Waals surface area contributed by atoms with Crippen LogP contribution in [0.4, 0.5) is 0 Å². The molecular weight excluding hydrogens is 198 g/mol. The number of rotatable bonds is 3. The molecule has 1 aromatic rings. The molecule has 0 spiro atoms. The summed E-state index contributed by atoms with van der Waals surface area (Å²) >= 11 is 0. The molecule has 0 fully saturated rings. The number of ether oxygens (including phenoxy) is 1. The smallest absolute Gasteiger partial charge is 0.122 e. The molecule has 0 bridgehead atoms. The summed E-state index contributed by atoms with van der Waals surface area (Å²) in [4.78, 5) is 0. The van der Waals surface area contributed by atoms with Gasteiger partial charge in [-0.1, -0.05) is 18.2 Å². The third-order valence-electron chi connectivity index (χ3n) is 3.32. The first kappa shape index (κ1) is 11.2. The van der Waals surface area contributed by atoms with Gasteiger partial charge >= 0.3 is 0 Å². The second-order valence-electron chi connectivity index (χ2n) is 4.19. The lowest BCUT2D eigenvalue weighted by Gasteiger charge is -2.24. The zero-order valence-electron chi connectivity index (χ0n) is 10.2. The van der Waals surface area contributed by atoms with Crippen LogP contribution in [0.3, 0.4) is 0 Å². The number of nitrogens with one attached hydrogen (secondary N) is 1. The van der Waals surface area contributed by atoms with Gasteiger partial charge in [0.15, 0.2) is 0 Å². The topological polar surface area (TPSA) is 21.3 Å². The highest BCUT2D eigenvalue weighted by Gasteiger charge is 2.18. The monoisotopic (exact) mass is 217 g/mol. The number of allylic oxidation sites excluding steroid dienone is 1. The van der Waals surface area contributed by atoms with Crippen molar-refractivity contribution in [3.63, 3.8) is 0 Å². The maximum absolute atomic E-state index is 5.43. The van der Waals surface area contributed by atoms with Crippen molar-refractivity contribution in [3.05, 3.63) is 35.4 Å². The van der Waals surface area contributed by atoms with E-state index in [-0.39, 0.29) is 0 Å². The molecule has 16 heavy (non-hydrogen) atoms. The fraction of sp³-hybridized carbons (Fsp3) is 0.429. The molecule has 0 amide bonds. The lowest BCUT2D eigenvalue weighted by molar-refractivity contribution is 0.409. The summed E-state index contributed by atoms with van der Waals surface area (Å²) in [5, 5.41) is 3.30. The quantitative estimate of drug-likeness (QED) is 0.840. The van der Waals surface area contributed by atoms with Crippen molar-refractivity contribution in [2.75, 3.05) is 14.2 Å². The van der Waals surface area contributed by atoms with Crippen LogP contribution in [0.5, 0.6) is 5.75 Å². The summed E-state index contributed by atoms with van der Waals surface area (Å²) < 4.78 is 5.43. The van der Waals surface area contributed by atoms with Gasteiger partial charge in [-0.15, -0.1) is 0 Å². The maximum atomic E-state index is 5.43. The van der Waals surface area contributed by atoms with Crippen molar-refractivity contribution in [2.24, 2.45) is 0 Å². The van der Waals surface area contributed by atoms with Crippen LogP contribution < -0.4 is 10.1 Å². The third-order valence-corrected chi connectivity index (χ3v) is 3.32. The highest BCUT2D eigenvalue weighted by atomic mass is 16.5. The van der Waals surface area contributed by atoms with E-state index in [1.165, 1.54) is 16.7 Å². The zero-order chi connectivity index (χ0) is 11.5. The molecule has 1 unspecified atom stereocenters. The highest BCUT2D eigenvalue weighted by molar-refractivity contribution is 5.75. The number of benzene rings is 1. The van der Waals surface area contributed by atoms with Gasteiger partial charge in [0, 0.05) is 11.6 Å². The van der Waals surface area contributed by atoms with Crippen molar-refractivity contribution in [1.82, 2.24) is 5.32 Å². The first-order chi connectivity index (χ1) is 7.77. The van der Waals surface area contributed by atoms with E-state index in [9.17, 15) is 0 Å². The molecule has 0 heterocycles. The standard InChI is InChI=1S/C14H19NO/c1-10(15-2)11-6-4-8-13-12(11)7-5-9-14(13)16-3/h5-7,9-10,15H,4,8H2,1-3H3. The normalized spacial score (nSPS) is 16.3. The van der Waals surface area contributed by atoms with E-state index < -0.39 is 0 Å². The molecule has 86 valence electrons. The van der Waals surface area contributed by atoms with Crippen molar-refractivity contribution >= 4 is 5.57 Å². The molecule has 0 saturated carbocycles. The molecule has 1 aromatic carbocycles. The molecular formula is C14H19NO. The molecule has 0 aliphatic heterocycles. The van der Waals surface area contributed by atoms with Gasteiger partial charge in [-0.3, -0.25) is 0 Å². The Morgan fingerprint density at radius 1 is 1.38 bits per heavy atom. The Morgan fingerprint density at radius 3 is 2.88 bits per heavy atom. The van der Waals surface area contributed by atoms with Crippen LogP contribution >= 0.6 is 0 Å². The number of methoxy groups -OCH3 is 1. The number of hydrogen-bond donors (Lipinski definition) is 1. The lowest BCUT2D eigenvalue weighted by atomic mass is 9.87. The summed E-state index contributed by atoms with van der Waals surface area (Å²) in [6, 6.07) is 6.70. The molecule has 1 aliphatic carbocycles. The van der Waals surface area contributed by atoms with Gasteiger partial charge in [0.1, 0.15) is 5.75 Å². The zero-order valence-corrected chi connectivity index (χ0v) is 10.2. The average molecular weight is 217 g/mol. The summed E-state index contributed by atoms with van der Waals surface area (Å²) in [5.74, 6) is 1.02. The van der Waals surface area contributed by atoms with Gasteiger partial charge in [-0.25, -0.2) is 0 Å². The molecule has 1 atom stereocenters. The first-order valence-corrected chi connectivity index (χ1v) is 5.81. The minimum Gasteiger partial charge on any atom is -0.496 e. The van der Waals surface area contributed by atoms with E-state index in [0.717, 1.165) is 18.6 Å². The average Bonchev–Trinajstić information content (AvgIpc) is 2.36. The minimum atomic E-state index is 0.395. The van der Waals surface area contributed by atoms with Gasteiger partial charge in [0.05, 0.1) is 7.11 Å². The number of likely N-dealkylation sites (N-methyl/N-ethyl adjacent to an activating group) is 1. The lowest BCUT2D eigenvalue weighted by Crippen LogP contribution is -2.24. The van der Waals surface area contributed by atoms with Crippen molar-refractivity contribution in [2.45, 2.75) is 25.8 Å². The predicted molar refractivity (Wildman–Crippen MR) is 67.8 cm³/mol. The van der Waals surface area contributed by atoms with Crippen LogP contribution in [0.2, 0.25) is 0 Å². The van der Waals surface area contributed by atoms with Gasteiger partial charge < -0.3 is 10.1 Å². The van der Waals surface area contributed by atoms with E-state index in [0.29, 0.717) is 6.04 Å². The second-order valence-corrected chi connectivity index (χ2v) is 4.19. The first-order valence-electron chi connectivity index (χ1n) is 5.81. The molecule has 1 N–H and O–H groups in total. The number of fused-ring (bicyclic) bond motifs is 1. The third kappa shape index (κ3) is 1.85. The molecule has 1 aliphatic rings. The fourth-order valence-electron chi connectivity index (χ4n) is 2.33. The summed E-state index contributed by atoms with van der Waals surface area (Å²) in [7, 11) is 3.75.